The van der Waals surface area contributed by atoms with E-state index in [9.17, 15) is 18.4 Å². The van der Waals surface area contributed by atoms with Gasteiger partial charge < -0.3 is 14.5 Å². The predicted molar refractivity (Wildman–Crippen MR) is 113 cm³/mol. The first-order chi connectivity index (χ1) is 15.9. The largest absolute Gasteiger partial charge is 0.342 e. The summed E-state index contributed by atoms with van der Waals surface area (Å²) in [5.74, 6) is -1.66. The van der Waals surface area contributed by atoms with E-state index in [-0.39, 0.29) is 11.8 Å². The zero-order valence-corrected chi connectivity index (χ0v) is 18.2. The van der Waals surface area contributed by atoms with Crippen LogP contribution in [0.5, 0.6) is 0 Å². The van der Waals surface area contributed by atoms with Crippen LogP contribution in [0.4, 0.5) is 8.78 Å². The summed E-state index contributed by atoms with van der Waals surface area (Å²) >= 11 is 1.17. The quantitative estimate of drug-likeness (QED) is 0.571. The van der Waals surface area contributed by atoms with Gasteiger partial charge in [-0.05, 0) is 36.6 Å². The molecule has 3 fully saturated rings. The van der Waals surface area contributed by atoms with Crippen LogP contribution in [-0.4, -0.2) is 61.1 Å². The van der Waals surface area contributed by atoms with E-state index in [0.717, 1.165) is 6.07 Å². The number of fused-ring (bicyclic) bond motifs is 2. The Morgan fingerprint density at radius 1 is 1.12 bits per heavy atom. The van der Waals surface area contributed by atoms with E-state index >= 15 is 0 Å². The Kier molecular flexibility index (Phi) is 4.66. The summed E-state index contributed by atoms with van der Waals surface area (Å²) in [5, 5.41) is 3.97. The zero-order chi connectivity index (χ0) is 22.7. The topological polar surface area (TPSA) is 88.5 Å². The molecule has 170 valence electrons. The van der Waals surface area contributed by atoms with Crippen LogP contribution < -0.4 is 0 Å². The molecule has 6 rings (SSSR count). The predicted octanol–water partition coefficient (Wildman–Crippen LogP) is 3.06. The van der Waals surface area contributed by atoms with Crippen LogP contribution in [0, 0.1) is 11.6 Å². The Bertz CT molecular complexity index is 1260. The summed E-state index contributed by atoms with van der Waals surface area (Å²) in [7, 11) is 0. The van der Waals surface area contributed by atoms with Crippen molar-refractivity contribution in [1.29, 1.82) is 0 Å². The number of hydrogen-bond acceptors (Lipinski definition) is 7. The summed E-state index contributed by atoms with van der Waals surface area (Å²) in [5.41, 5.74) is 0.441. The van der Waals surface area contributed by atoms with Crippen molar-refractivity contribution in [3.8, 4) is 0 Å². The standard InChI is InChI=1S/C22H19F2N5O3S/c23-14-7-12(8-15(24)10-14)17-1-2-18-29(17)21(31)22(32-18)3-5-28(6-4-22)20(30)13-9-16-19(25-11-13)33-27-26-16/h7-11,17-18H,1-6H2. The summed E-state index contributed by atoms with van der Waals surface area (Å²) in [6.07, 6.45) is 3.02. The molecule has 0 radical (unpaired) electrons. The molecular weight excluding hydrogens is 452 g/mol. The number of amides is 2. The normalized spacial score (nSPS) is 24.1. The van der Waals surface area contributed by atoms with E-state index in [1.807, 2.05) is 0 Å². The first kappa shape index (κ1) is 20.5. The lowest BCUT2D eigenvalue weighted by Gasteiger charge is -2.37. The van der Waals surface area contributed by atoms with E-state index in [2.05, 4.69) is 14.6 Å². The van der Waals surface area contributed by atoms with Gasteiger partial charge in [0.1, 0.15) is 23.4 Å². The molecule has 3 aliphatic rings. The summed E-state index contributed by atoms with van der Waals surface area (Å²) in [6.45, 7) is 0.718. The number of halogens is 2. The van der Waals surface area contributed by atoms with Gasteiger partial charge in [0.05, 0.1) is 11.6 Å². The number of rotatable bonds is 2. The second-order valence-electron chi connectivity index (χ2n) is 8.69. The number of hydrogen-bond donors (Lipinski definition) is 0. The molecule has 3 saturated heterocycles. The molecule has 0 aliphatic carbocycles. The van der Waals surface area contributed by atoms with Crippen molar-refractivity contribution in [1.82, 2.24) is 24.4 Å². The highest BCUT2D eigenvalue weighted by Gasteiger charge is 2.58. The Morgan fingerprint density at radius 2 is 1.88 bits per heavy atom. The Balaban J connectivity index is 1.18. The highest BCUT2D eigenvalue weighted by molar-refractivity contribution is 7.12. The van der Waals surface area contributed by atoms with Gasteiger partial charge >= 0.3 is 0 Å². The van der Waals surface area contributed by atoms with Gasteiger partial charge in [0.2, 0.25) is 0 Å². The van der Waals surface area contributed by atoms with Crippen LogP contribution in [0.1, 0.15) is 47.6 Å². The van der Waals surface area contributed by atoms with Crippen LogP contribution in [0.2, 0.25) is 0 Å². The van der Waals surface area contributed by atoms with Gasteiger partial charge in [-0.3, -0.25) is 9.59 Å². The Labute approximate surface area is 191 Å². The van der Waals surface area contributed by atoms with Gasteiger partial charge in [0, 0.05) is 49.7 Å². The molecule has 3 aromatic rings. The number of carbonyl (C=O) groups excluding carboxylic acids is 2. The lowest BCUT2D eigenvalue weighted by atomic mass is 9.89. The van der Waals surface area contributed by atoms with Crippen molar-refractivity contribution in [3.63, 3.8) is 0 Å². The fourth-order valence-electron chi connectivity index (χ4n) is 5.20. The summed E-state index contributed by atoms with van der Waals surface area (Å²) < 4.78 is 37.6. The average Bonchev–Trinajstić information content (AvgIpc) is 3.49. The molecule has 1 spiro atoms. The van der Waals surface area contributed by atoms with Crippen molar-refractivity contribution < 1.29 is 23.1 Å². The third kappa shape index (κ3) is 3.29. The second kappa shape index (κ2) is 7.49. The number of piperidine rings is 1. The van der Waals surface area contributed by atoms with E-state index in [1.54, 1.807) is 15.9 Å². The average molecular weight is 471 g/mol. The minimum absolute atomic E-state index is 0.164. The zero-order valence-electron chi connectivity index (χ0n) is 17.4. The molecule has 5 heterocycles. The number of benzene rings is 1. The first-order valence-electron chi connectivity index (χ1n) is 10.8. The SMILES string of the molecule is O=C(c1cnc2snnc2c1)N1CCC2(CC1)OC1CCC(c3cc(F)cc(F)c3)N1C2=O. The third-order valence-corrected chi connectivity index (χ3v) is 7.45. The maximum Gasteiger partial charge on any atom is 0.257 e. The van der Waals surface area contributed by atoms with Gasteiger partial charge in [0.15, 0.2) is 10.4 Å². The third-order valence-electron chi connectivity index (χ3n) is 6.80. The lowest BCUT2D eigenvalue weighted by Crippen LogP contribution is -2.51. The van der Waals surface area contributed by atoms with Crippen molar-refractivity contribution >= 4 is 33.7 Å². The molecule has 2 atom stereocenters. The molecule has 0 saturated carbocycles. The Morgan fingerprint density at radius 3 is 2.64 bits per heavy atom. The minimum atomic E-state index is -1.01. The summed E-state index contributed by atoms with van der Waals surface area (Å²) in [6, 6.07) is 4.63. The van der Waals surface area contributed by atoms with Gasteiger partial charge in [-0.1, -0.05) is 4.49 Å². The molecular formula is C22H19F2N5O3S. The van der Waals surface area contributed by atoms with Crippen molar-refractivity contribution in [3.05, 3.63) is 53.2 Å². The molecule has 1 aromatic carbocycles. The number of aromatic nitrogens is 3. The Hall–Kier alpha value is -3.05. The first-order valence-corrected chi connectivity index (χ1v) is 11.5. The van der Waals surface area contributed by atoms with Crippen LogP contribution in [0.15, 0.2) is 30.5 Å². The number of likely N-dealkylation sites (tertiary alicyclic amines) is 1. The molecule has 2 amide bonds. The molecule has 2 aromatic heterocycles. The molecule has 8 nitrogen and oxygen atoms in total. The second-order valence-corrected chi connectivity index (χ2v) is 9.42. The number of ether oxygens (including phenoxy) is 1. The van der Waals surface area contributed by atoms with Crippen LogP contribution >= 0.6 is 11.5 Å². The molecule has 33 heavy (non-hydrogen) atoms. The van der Waals surface area contributed by atoms with Gasteiger partial charge in [-0.15, -0.1) is 5.10 Å². The highest BCUT2D eigenvalue weighted by atomic mass is 32.1. The molecule has 3 aliphatic heterocycles. The van der Waals surface area contributed by atoms with Crippen molar-refractivity contribution in [2.45, 2.75) is 43.6 Å². The van der Waals surface area contributed by atoms with Crippen LogP contribution in [-0.2, 0) is 9.53 Å². The minimum Gasteiger partial charge on any atom is -0.342 e. The molecule has 0 N–H and O–H groups in total. The number of nitrogens with zero attached hydrogens (tertiary/aromatic N) is 5. The molecule has 2 unspecified atom stereocenters. The van der Waals surface area contributed by atoms with Crippen LogP contribution in [0.3, 0.4) is 0 Å². The maximum atomic E-state index is 13.8. The lowest BCUT2D eigenvalue weighted by molar-refractivity contribution is -0.142. The van der Waals surface area contributed by atoms with E-state index in [4.69, 9.17) is 4.74 Å². The maximum absolute atomic E-state index is 13.8. The number of carbonyl (C=O) groups is 2. The van der Waals surface area contributed by atoms with E-state index in [0.29, 0.717) is 60.2 Å². The number of pyridine rings is 1. The monoisotopic (exact) mass is 471 g/mol. The fraction of sp³-hybridized carbons (Fsp3) is 0.409. The van der Waals surface area contributed by atoms with Gasteiger partial charge in [-0.2, -0.15) is 0 Å². The smallest absolute Gasteiger partial charge is 0.257 e. The van der Waals surface area contributed by atoms with Crippen molar-refractivity contribution in [2.24, 2.45) is 0 Å². The van der Waals surface area contributed by atoms with E-state index < -0.39 is 29.5 Å². The van der Waals surface area contributed by atoms with Gasteiger partial charge in [0.25, 0.3) is 11.8 Å². The molecule has 0 bridgehead atoms. The highest BCUT2D eigenvalue weighted by Crippen LogP contribution is 2.47. The fourth-order valence-corrected chi connectivity index (χ4v) is 5.70. The summed E-state index contributed by atoms with van der Waals surface area (Å²) in [4.78, 5) is 34.7. The van der Waals surface area contributed by atoms with E-state index in [1.165, 1.54) is 29.9 Å². The van der Waals surface area contributed by atoms with Crippen molar-refractivity contribution in [2.75, 3.05) is 13.1 Å². The van der Waals surface area contributed by atoms with Crippen LogP contribution in [0.25, 0.3) is 10.3 Å². The molecule has 11 heteroatoms. The van der Waals surface area contributed by atoms with Gasteiger partial charge in [-0.25, -0.2) is 13.8 Å².